The van der Waals surface area contributed by atoms with E-state index in [-0.39, 0.29) is 10.8 Å². The van der Waals surface area contributed by atoms with Crippen LogP contribution >= 0.6 is 23.2 Å². The second kappa shape index (κ2) is 4.53. The normalized spacial score (nSPS) is 9.71. The van der Waals surface area contributed by atoms with Crippen LogP contribution in [0.2, 0.25) is 10.0 Å². The van der Waals surface area contributed by atoms with E-state index in [1.807, 2.05) is 6.92 Å². The van der Waals surface area contributed by atoms with Gasteiger partial charge in [-0.3, -0.25) is 9.78 Å². The van der Waals surface area contributed by atoms with Crippen molar-refractivity contribution in [2.24, 2.45) is 0 Å². The van der Waals surface area contributed by atoms with Gasteiger partial charge in [0, 0.05) is 6.92 Å². The molecular formula is C9H8Cl2O3. The van der Waals surface area contributed by atoms with Crippen molar-refractivity contribution in [2.45, 2.75) is 13.8 Å². The predicted octanol–water partition coefficient (Wildman–Crippen LogP) is 3.16. The molecule has 14 heavy (non-hydrogen) atoms. The van der Waals surface area contributed by atoms with Crippen molar-refractivity contribution in [2.75, 3.05) is 0 Å². The quantitative estimate of drug-likeness (QED) is 0.583. The first-order valence-electron chi connectivity index (χ1n) is 3.82. The summed E-state index contributed by atoms with van der Waals surface area (Å²) in [5.74, 6) is -0.338. The lowest BCUT2D eigenvalue weighted by Gasteiger charge is -2.06. The fourth-order valence-corrected chi connectivity index (χ4v) is 1.20. The molecule has 76 valence electrons. The molecule has 1 rings (SSSR count). The highest BCUT2D eigenvalue weighted by Crippen LogP contribution is 2.34. The number of hydrogen-bond donors (Lipinski definition) is 0. The third-order valence-corrected chi connectivity index (χ3v) is 2.45. The average Bonchev–Trinajstić information content (AvgIpc) is 2.13. The summed E-state index contributed by atoms with van der Waals surface area (Å²) in [5, 5.41) is 0.615. The van der Waals surface area contributed by atoms with Gasteiger partial charge in [0.2, 0.25) is 0 Å². The first-order valence-corrected chi connectivity index (χ1v) is 4.57. The summed E-state index contributed by atoms with van der Waals surface area (Å²) in [4.78, 5) is 19.4. The molecular weight excluding hydrogens is 227 g/mol. The van der Waals surface area contributed by atoms with E-state index in [1.54, 1.807) is 12.1 Å². The molecule has 0 radical (unpaired) electrons. The fourth-order valence-electron chi connectivity index (χ4n) is 0.796. The lowest BCUT2D eigenvalue weighted by molar-refractivity contribution is -0.210. The van der Waals surface area contributed by atoms with Gasteiger partial charge in [-0.05, 0) is 18.6 Å². The molecule has 0 fully saturated rings. The van der Waals surface area contributed by atoms with E-state index in [0.717, 1.165) is 5.56 Å². The van der Waals surface area contributed by atoms with Crippen LogP contribution in [0.4, 0.5) is 0 Å². The minimum atomic E-state index is -0.558. The van der Waals surface area contributed by atoms with E-state index < -0.39 is 5.97 Å². The second-order valence-electron chi connectivity index (χ2n) is 2.67. The Morgan fingerprint density at radius 2 is 1.93 bits per heavy atom. The second-order valence-corrected chi connectivity index (χ2v) is 3.42. The van der Waals surface area contributed by atoms with Crippen LogP contribution in [0.5, 0.6) is 5.75 Å². The highest BCUT2D eigenvalue weighted by Gasteiger charge is 2.10. The highest BCUT2D eigenvalue weighted by molar-refractivity contribution is 6.43. The van der Waals surface area contributed by atoms with Crippen molar-refractivity contribution in [3.05, 3.63) is 27.7 Å². The van der Waals surface area contributed by atoms with Crippen LogP contribution < -0.4 is 4.89 Å². The Hall–Kier alpha value is -0.930. The number of halogens is 2. The van der Waals surface area contributed by atoms with Gasteiger partial charge in [-0.15, -0.1) is 0 Å². The molecule has 0 N–H and O–H groups in total. The monoisotopic (exact) mass is 234 g/mol. The van der Waals surface area contributed by atoms with Gasteiger partial charge >= 0.3 is 5.97 Å². The summed E-state index contributed by atoms with van der Waals surface area (Å²) >= 11 is 11.7. The summed E-state index contributed by atoms with van der Waals surface area (Å²) in [6, 6.07) is 3.29. The summed E-state index contributed by atoms with van der Waals surface area (Å²) in [6.07, 6.45) is 0. The van der Waals surface area contributed by atoms with Crippen molar-refractivity contribution < 1.29 is 14.6 Å². The standard InChI is InChI=1S/C9H8Cl2O3/c1-5-3-4-7(9(11)8(5)10)14-13-6(2)12/h3-4H,1-2H3. The minimum absolute atomic E-state index is 0.220. The molecule has 3 nitrogen and oxygen atoms in total. The largest absolute Gasteiger partial charge is 0.352 e. The molecule has 0 atom stereocenters. The molecule has 0 aliphatic heterocycles. The smallest absolute Gasteiger partial charge is 0.285 e. The van der Waals surface area contributed by atoms with Gasteiger partial charge < -0.3 is 0 Å². The molecule has 5 heteroatoms. The van der Waals surface area contributed by atoms with Crippen molar-refractivity contribution in [1.82, 2.24) is 0 Å². The molecule has 0 unspecified atom stereocenters. The van der Waals surface area contributed by atoms with Crippen molar-refractivity contribution in [3.8, 4) is 5.75 Å². The Morgan fingerprint density at radius 1 is 1.29 bits per heavy atom. The maximum Gasteiger partial charge on any atom is 0.352 e. The Morgan fingerprint density at radius 3 is 2.50 bits per heavy atom. The number of aryl methyl sites for hydroxylation is 1. The molecule has 0 heterocycles. The van der Waals surface area contributed by atoms with E-state index in [2.05, 4.69) is 9.78 Å². The van der Waals surface area contributed by atoms with Crippen LogP contribution in [-0.4, -0.2) is 5.97 Å². The predicted molar refractivity (Wildman–Crippen MR) is 53.6 cm³/mol. The number of hydrogen-bond acceptors (Lipinski definition) is 3. The summed E-state index contributed by atoms with van der Waals surface area (Å²) in [7, 11) is 0. The first kappa shape index (κ1) is 11.1. The van der Waals surface area contributed by atoms with Gasteiger partial charge in [-0.25, -0.2) is 4.79 Å². The summed E-state index contributed by atoms with van der Waals surface area (Å²) < 4.78 is 0. The van der Waals surface area contributed by atoms with Gasteiger partial charge in [0.1, 0.15) is 5.02 Å². The van der Waals surface area contributed by atoms with Gasteiger partial charge in [0.05, 0.1) is 5.02 Å². The van der Waals surface area contributed by atoms with Crippen LogP contribution in [-0.2, 0) is 9.68 Å². The third-order valence-electron chi connectivity index (χ3n) is 1.49. The number of carbonyl (C=O) groups is 1. The highest BCUT2D eigenvalue weighted by atomic mass is 35.5. The Balaban J connectivity index is 2.88. The molecule has 0 spiro atoms. The molecule has 0 aliphatic rings. The minimum Gasteiger partial charge on any atom is -0.285 e. The maximum atomic E-state index is 10.5. The zero-order valence-electron chi connectivity index (χ0n) is 7.64. The van der Waals surface area contributed by atoms with E-state index in [1.165, 1.54) is 6.92 Å². The number of rotatable bonds is 2. The van der Waals surface area contributed by atoms with Gasteiger partial charge in [-0.1, -0.05) is 29.3 Å². The number of carbonyl (C=O) groups excluding carboxylic acids is 1. The first-order chi connectivity index (χ1) is 6.52. The van der Waals surface area contributed by atoms with Crippen LogP contribution in [0.25, 0.3) is 0 Å². The average molecular weight is 235 g/mol. The van der Waals surface area contributed by atoms with Gasteiger partial charge in [0.25, 0.3) is 0 Å². The Kier molecular flexibility index (Phi) is 3.61. The molecule has 0 saturated heterocycles. The SMILES string of the molecule is CC(=O)OOc1ccc(C)c(Cl)c1Cl. The topological polar surface area (TPSA) is 35.5 Å². The molecule has 0 aliphatic carbocycles. The van der Waals surface area contributed by atoms with Crippen LogP contribution in [0.3, 0.4) is 0 Å². The molecule has 1 aromatic rings. The third kappa shape index (κ3) is 2.53. The maximum absolute atomic E-state index is 10.5. The molecule has 0 saturated carbocycles. The van der Waals surface area contributed by atoms with Crippen molar-refractivity contribution in [3.63, 3.8) is 0 Å². The lowest BCUT2D eigenvalue weighted by Crippen LogP contribution is -2.03. The summed E-state index contributed by atoms with van der Waals surface area (Å²) in [6.45, 7) is 3.04. The van der Waals surface area contributed by atoms with E-state index in [0.29, 0.717) is 5.02 Å². The molecule has 1 aromatic carbocycles. The van der Waals surface area contributed by atoms with E-state index >= 15 is 0 Å². The zero-order chi connectivity index (χ0) is 10.7. The van der Waals surface area contributed by atoms with Crippen LogP contribution in [0.1, 0.15) is 12.5 Å². The van der Waals surface area contributed by atoms with Crippen LogP contribution in [0, 0.1) is 6.92 Å². The van der Waals surface area contributed by atoms with Gasteiger partial charge in [-0.2, -0.15) is 0 Å². The Labute approximate surface area is 91.5 Å². The number of benzene rings is 1. The fraction of sp³-hybridized carbons (Fsp3) is 0.222. The lowest BCUT2D eigenvalue weighted by atomic mass is 10.2. The molecule has 0 amide bonds. The summed E-state index contributed by atoms with van der Waals surface area (Å²) in [5.41, 5.74) is 0.826. The molecule has 0 bridgehead atoms. The van der Waals surface area contributed by atoms with Crippen molar-refractivity contribution in [1.29, 1.82) is 0 Å². The van der Waals surface area contributed by atoms with E-state index in [9.17, 15) is 4.79 Å². The van der Waals surface area contributed by atoms with Crippen molar-refractivity contribution >= 4 is 29.2 Å². The van der Waals surface area contributed by atoms with Gasteiger partial charge in [0.15, 0.2) is 5.75 Å². The molecule has 0 aromatic heterocycles. The van der Waals surface area contributed by atoms with Crippen LogP contribution in [0.15, 0.2) is 12.1 Å². The Bertz CT molecular complexity index is 363. The zero-order valence-corrected chi connectivity index (χ0v) is 9.15. The van der Waals surface area contributed by atoms with E-state index in [4.69, 9.17) is 23.2 Å².